The van der Waals surface area contributed by atoms with Gasteiger partial charge in [-0.1, -0.05) is 42.4 Å². The summed E-state index contributed by atoms with van der Waals surface area (Å²) in [7, 11) is -4.36. The number of fused-ring (bicyclic) bond motifs is 5. The second-order valence-electron chi connectivity index (χ2n) is 10.6. The molecule has 0 spiro atoms. The van der Waals surface area contributed by atoms with Crippen LogP contribution in [0.4, 0.5) is 9.18 Å². The number of hydrogen-bond donors (Lipinski definition) is 2. The van der Waals surface area contributed by atoms with Gasteiger partial charge in [-0.2, -0.15) is 14.5 Å². The maximum absolute atomic E-state index is 15.9. The van der Waals surface area contributed by atoms with Crippen molar-refractivity contribution in [3.63, 3.8) is 0 Å². The number of carbonyl (C=O) groups excluding carboxylic acids is 4. The molecule has 42 heavy (non-hydrogen) atoms. The monoisotopic (exact) mass is 612 g/mol. The van der Waals surface area contributed by atoms with Crippen molar-refractivity contribution >= 4 is 37.8 Å². The number of cyclic esters (lactones) is 1. The minimum atomic E-state index is -4.36. The largest absolute Gasteiger partial charge is 0.510 e. The van der Waals surface area contributed by atoms with Crippen LogP contribution in [-0.2, 0) is 32.9 Å². The Morgan fingerprint density at radius 3 is 2.52 bits per heavy atom. The number of benzene rings is 1. The highest BCUT2D eigenvalue weighted by Gasteiger charge is 2.61. The number of nitrogens with one attached hydrogen (secondary N) is 1. The average Bonchev–Trinajstić information content (AvgIpc) is 3.16. The maximum atomic E-state index is 15.9. The van der Waals surface area contributed by atoms with Crippen molar-refractivity contribution in [2.75, 3.05) is 13.2 Å². The lowest BCUT2D eigenvalue weighted by Gasteiger charge is -2.26. The molecule has 13 nitrogen and oxygen atoms in total. The molecule has 0 radical (unpaired) electrons. The fourth-order valence-electron chi connectivity index (χ4n) is 4.85. The Hall–Kier alpha value is -3.03. The zero-order valence-corrected chi connectivity index (χ0v) is 24.4. The third kappa shape index (κ3) is 7.30. The highest BCUT2D eigenvalue weighted by molar-refractivity contribution is 7.52. The van der Waals surface area contributed by atoms with Crippen molar-refractivity contribution in [2.24, 2.45) is 0 Å². The summed E-state index contributed by atoms with van der Waals surface area (Å²) in [5.41, 5.74) is -2.58. The molecule has 4 amide bonds. The Kier molecular flexibility index (Phi) is 10.3. The fraction of sp³-hybridized carbons (Fsp3) is 0.593. The predicted octanol–water partition coefficient (Wildman–Crippen LogP) is 2.84. The average molecular weight is 613 g/mol. The number of hydrogen-bond acceptors (Lipinski definition) is 10. The number of imide groups is 3. The van der Waals surface area contributed by atoms with Gasteiger partial charge in [0.05, 0.1) is 25.8 Å². The summed E-state index contributed by atoms with van der Waals surface area (Å²) in [5.74, 6) is -2.03. The Bertz CT molecular complexity index is 1260. The molecule has 2 saturated heterocycles. The molecule has 0 aromatic heterocycles. The van der Waals surface area contributed by atoms with E-state index >= 15 is 4.39 Å². The van der Waals surface area contributed by atoms with E-state index in [2.05, 4.69) is 5.09 Å². The first kappa shape index (κ1) is 31.9. The molecule has 2 N–H and O–H groups in total. The summed E-state index contributed by atoms with van der Waals surface area (Å²) < 4.78 is 52.6. The van der Waals surface area contributed by atoms with Gasteiger partial charge in [0.25, 0.3) is 0 Å². The van der Waals surface area contributed by atoms with Crippen LogP contribution in [0.5, 0.6) is 5.75 Å². The highest BCUT2D eigenvalue weighted by atomic mass is 31.2. The van der Waals surface area contributed by atoms with E-state index in [0.717, 1.165) is 17.7 Å². The molecule has 4 rings (SSSR count). The lowest BCUT2D eigenvalue weighted by atomic mass is 9.98. The Labute approximate surface area is 242 Å². The molecule has 3 aliphatic heterocycles. The maximum Gasteiger partial charge on any atom is 0.510 e. The van der Waals surface area contributed by atoms with Crippen LogP contribution in [0.2, 0.25) is 0 Å². The number of para-hydroxylation sites is 1. The van der Waals surface area contributed by atoms with Crippen molar-refractivity contribution in [3.8, 4) is 5.75 Å². The van der Waals surface area contributed by atoms with Gasteiger partial charge in [0, 0.05) is 0 Å². The standard InChI is InChI=1S/C27H36FN3O10P/c1-18-24(35)38-16-10-5-3-4-9-13-21(32)31-22(33)14-15-30(26(31)36)25-27(2,28)23(34)20(40-25)17-39-42(37,29-18)41-19-11-7-6-8-12-19/h6-8,11-12,15,18,20,23,25,34H,3-5,9-10,13-14,16-17H2,1-2H3,(H,29,37)/q+1/t18-,20?,23+,25?,27+,42-/m0/s1. The highest BCUT2D eigenvalue weighted by Crippen LogP contribution is 2.46. The van der Waals surface area contributed by atoms with E-state index in [1.54, 1.807) is 18.2 Å². The van der Waals surface area contributed by atoms with E-state index in [4.69, 9.17) is 18.5 Å². The topological polar surface area (TPSA) is 161 Å². The van der Waals surface area contributed by atoms with Gasteiger partial charge < -0.3 is 19.1 Å². The molecular weight excluding hydrogens is 576 g/mol. The van der Waals surface area contributed by atoms with Crippen molar-refractivity contribution < 1.29 is 56.3 Å². The van der Waals surface area contributed by atoms with Gasteiger partial charge in [-0.3, -0.25) is 9.32 Å². The van der Waals surface area contributed by atoms with Crippen LogP contribution >= 0.6 is 7.75 Å². The van der Waals surface area contributed by atoms with E-state index < -0.39 is 68.3 Å². The molecule has 6 atom stereocenters. The molecule has 3 heterocycles. The molecule has 3 aliphatic rings. The first-order valence-corrected chi connectivity index (χ1v) is 15.4. The van der Waals surface area contributed by atoms with Gasteiger partial charge in [-0.15, -0.1) is 0 Å². The third-order valence-electron chi connectivity index (χ3n) is 7.21. The van der Waals surface area contributed by atoms with Crippen LogP contribution in [0.1, 0.15) is 58.8 Å². The van der Waals surface area contributed by atoms with Gasteiger partial charge in [-0.05, 0) is 38.8 Å². The molecule has 2 fully saturated rings. The number of esters is 1. The summed E-state index contributed by atoms with van der Waals surface area (Å²) in [6.07, 6.45) is -1.39. The van der Waals surface area contributed by atoms with Gasteiger partial charge in [-0.25, -0.2) is 18.5 Å². The van der Waals surface area contributed by atoms with Crippen molar-refractivity contribution in [1.29, 1.82) is 0 Å². The number of nitrogens with zero attached hydrogens (tertiary/aromatic N) is 2. The molecule has 1 aromatic rings. The lowest BCUT2D eigenvalue weighted by molar-refractivity contribution is -0.545. The summed E-state index contributed by atoms with van der Waals surface area (Å²) in [6, 6.07) is 5.76. The number of aliphatic hydroxyl groups excluding tert-OH is 1. The molecule has 2 unspecified atom stereocenters. The zero-order valence-electron chi connectivity index (χ0n) is 23.5. The van der Waals surface area contributed by atoms with Crippen molar-refractivity contribution in [2.45, 2.75) is 88.9 Å². The predicted molar refractivity (Wildman–Crippen MR) is 144 cm³/mol. The van der Waals surface area contributed by atoms with Crippen LogP contribution in [-0.4, -0.2) is 88.0 Å². The minimum Gasteiger partial charge on any atom is -0.465 e. The van der Waals surface area contributed by atoms with Crippen molar-refractivity contribution in [3.05, 3.63) is 30.3 Å². The number of carbonyl (C=O) groups is 4. The van der Waals surface area contributed by atoms with Crippen LogP contribution in [0.3, 0.4) is 0 Å². The number of alkyl halides is 1. The molecule has 1 aromatic carbocycles. The van der Waals surface area contributed by atoms with E-state index in [-0.39, 0.29) is 25.2 Å². The zero-order chi connectivity index (χ0) is 30.5. The Morgan fingerprint density at radius 2 is 1.79 bits per heavy atom. The number of rotatable bonds is 2. The van der Waals surface area contributed by atoms with E-state index in [0.29, 0.717) is 37.0 Å². The lowest BCUT2D eigenvalue weighted by Crippen LogP contribution is -2.56. The summed E-state index contributed by atoms with van der Waals surface area (Å²) in [5, 5.41) is 13.3. The van der Waals surface area contributed by atoms with Gasteiger partial charge in [0.1, 0.15) is 30.4 Å². The van der Waals surface area contributed by atoms with Crippen LogP contribution in [0.25, 0.3) is 0 Å². The number of ether oxygens (including phenoxy) is 2. The second kappa shape index (κ2) is 13.5. The molecule has 0 saturated carbocycles. The first-order chi connectivity index (χ1) is 19.9. The molecule has 15 heteroatoms. The number of halogens is 1. The molecule has 4 bridgehead atoms. The second-order valence-corrected chi connectivity index (χ2v) is 12.2. The number of urea groups is 1. The summed E-state index contributed by atoms with van der Waals surface area (Å²) >= 11 is 0. The van der Waals surface area contributed by atoms with E-state index in [1.807, 2.05) is 0 Å². The van der Waals surface area contributed by atoms with E-state index in [9.17, 15) is 28.8 Å². The van der Waals surface area contributed by atoms with Gasteiger partial charge >= 0.3 is 31.6 Å². The normalized spacial score (nSPS) is 34.3. The fourth-order valence-corrected chi connectivity index (χ4v) is 6.35. The Morgan fingerprint density at radius 1 is 1.10 bits per heavy atom. The molecule has 230 valence electrons. The van der Waals surface area contributed by atoms with Crippen LogP contribution in [0.15, 0.2) is 30.3 Å². The number of aliphatic hydroxyl groups is 1. The number of amides is 4. The van der Waals surface area contributed by atoms with Crippen LogP contribution < -0.4 is 9.61 Å². The van der Waals surface area contributed by atoms with E-state index in [1.165, 1.54) is 19.1 Å². The first-order valence-electron chi connectivity index (χ1n) is 13.9. The quantitative estimate of drug-likeness (QED) is 0.219. The summed E-state index contributed by atoms with van der Waals surface area (Å²) in [4.78, 5) is 51.6. The summed E-state index contributed by atoms with van der Waals surface area (Å²) in [6.45, 7) is 1.84. The molecular formula is C27H36FN3O10P+. The molecule has 0 aliphatic carbocycles. The minimum absolute atomic E-state index is 0.0717. The SMILES string of the molecule is C[C@@H]1N[P@@](=O)(Oc2ccccc2)OCC2OC([N+]3=CCC(=O)N(C(=O)CCCCCCCOC1=O)C3=O)[C@](C)(F)[C@@H]2O. The van der Waals surface area contributed by atoms with Gasteiger partial charge in [0.2, 0.25) is 11.9 Å². The smallest absolute Gasteiger partial charge is 0.465 e. The van der Waals surface area contributed by atoms with Crippen LogP contribution in [0, 0.1) is 0 Å². The Balaban J connectivity index is 1.60. The van der Waals surface area contributed by atoms with Gasteiger partial charge in [0.15, 0.2) is 0 Å². The van der Waals surface area contributed by atoms with Crippen molar-refractivity contribution in [1.82, 2.24) is 9.99 Å². The third-order valence-corrected chi connectivity index (χ3v) is 8.85.